The summed E-state index contributed by atoms with van der Waals surface area (Å²) >= 11 is 5.75. The van der Waals surface area contributed by atoms with E-state index in [9.17, 15) is 32.9 Å². The van der Waals surface area contributed by atoms with Crippen LogP contribution >= 0.6 is 11.6 Å². The third kappa shape index (κ3) is 5.01. The van der Waals surface area contributed by atoms with E-state index in [1.807, 2.05) is 0 Å². The molecule has 0 radical (unpaired) electrons. The summed E-state index contributed by atoms with van der Waals surface area (Å²) in [7, 11) is 0. The first-order valence-electron chi connectivity index (χ1n) is 8.38. The lowest BCUT2D eigenvalue weighted by atomic mass is 10.1. The van der Waals surface area contributed by atoms with Gasteiger partial charge in [-0.1, -0.05) is 29.8 Å². The number of aromatic nitrogens is 1. The zero-order valence-corrected chi connectivity index (χ0v) is 16.0. The van der Waals surface area contributed by atoms with Crippen molar-refractivity contribution >= 4 is 28.9 Å². The molecule has 0 aliphatic carbocycles. The van der Waals surface area contributed by atoms with Gasteiger partial charge in [0.25, 0.3) is 0 Å². The Kier molecular flexibility index (Phi) is 5.97. The Labute approximate surface area is 176 Å². The summed E-state index contributed by atoms with van der Waals surface area (Å²) in [6.45, 7) is 0. The molecule has 0 fully saturated rings. The molecule has 1 heterocycles. The highest BCUT2D eigenvalue weighted by Crippen LogP contribution is 2.35. The van der Waals surface area contributed by atoms with Crippen LogP contribution in [-0.4, -0.2) is 15.9 Å². The molecule has 1 aromatic heterocycles. The number of carbonyl (C=O) groups excluding carboxylic acids is 1. The molecule has 0 saturated heterocycles. The third-order valence-electron chi connectivity index (χ3n) is 3.99. The predicted octanol–water partition coefficient (Wildman–Crippen LogP) is 4.81. The van der Waals surface area contributed by atoms with E-state index in [1.165, 1.54) is 12.1 Å². The molecule has 31 heavy (non-hydrogen) atoms. The highest BCUT2D eigenvalue weighted by molar-refractivity contribution is 6.32. The average Bonchev–Trinajstić information content (AvgIpc) is 2.71. The molecular weight excluding hydrogens is 443 g/mol. The van der Waals surface area contributed by atoms with E-state index in [0.717, 1.165) is 12.1 Å². The molecule has 0 amide bonds. The van der Waals surface area contributed by atoms with Crippen LogP contribution in [0.2, 0.25) is 5.02 Å². The number of carbonyl (C=O) groups is 1. The molecule has 0 aliphatic rings. The minimum absolute atomic E-state index is 0.161. The smallest absolute Gasteiger partial charge is 0.338 e. The molecule has 2 aromatic carbocycles. The largest absolute Gasteiger partial charge is 0.416 e. The van der Waals surface area contributed by atoms with Gasteiger partial charge >= 0.3 is 23.4 Å². The van der Waals surface area contributed by atoms with E-state index < -0.39 is 38.9 Å². The van der Waals surface area contributed by atoms with Crippen molar-refractivity contribution in [2.24, 2.45) is 0 Å². The number of hydrogen-bond donors (Lipinski definition) is 2. The summed E-state index contributed by atoms with van der Waals surface area (Å²) in [4.78, 5) is 40.8. The number of aromatic amines is 1. The number of pyridine rings is 1. The maximum atomic E-state index is 13.3. The highest BCUT2D eigenvalue weighted by Gasteiger charge is 2.32. The topological polar surface area (TPSA) is 114 Å². The second kappa shape index (κ2) is 8.48. The lowest BCUT2D eigenvalue weighted by Crippen LogP contribution is -2.14. The van der Waals surface area contributed by atoms with E-state index in [4.69, 9.17) is 16.4 Å². The van der Waals surface area contributed by atoms with Crippen LogP contribution in [0, 0.1) is 10.1 Å². The number of H-pyrrole nitrogens is 1. The van der Waals surface area contributed by atoms with Gasteiger partial charge in [0, 0.05) is 5.56 Å². The number of hydrogen-bond acceptors (Lipinski definition) is 6. The van der Waals surface area contributed by atoms with Gasteiger partial charge in [0.1, 0.15) is 5.02 Å². The Morgan fingerprint density at radius 2 is 1.81 bits per heavy atom. The summed E-state index contributed by atoms with van der Waals surface area (Å²) in [5.41, 5.74) is -1.59. The molecule has 2 N–H and O–H groups in total. The number of benzene rings is 2. The van der Waals surface area contributed by atoms with Crippen LogP contribution < -0.4 is 11.0 Å². The van der Waals surface area contributed by atoms with E-state index in [-0.39, 0.29) is 22.5 Å². The molecule has 3 rings (SSSR count). The maximum Gasteiger partial charge on any atom is 0.416 e. The summed E-state index contributed by atoms with van der Waals surface area (Å²) in [6.07, 6.45) is -4.78. The van der Waals surface area contributed by atoms with Gasteiger partial charge in [0.15, 0.2) is 0 Å². The molecule has 160 valence electrons. The van der Waals surface area contributed by atoms with Crippen molar-refractivity contribution in [1.29, 1.82) is 0 Å². The normalized spacial score (nSPS) is 11.1. The van der Waals surface area contributed by atoms with E-state index >= 15 is 0 Å². The van der Waals surface area contributed by atoms with Crippen molar-refractivity contribution < 1.29 is 27.7 Å². The van der Waals surface area contributed by atoms with E-state index in [2.05, 4.69) is 10.5 Å². The molecule has 0 bridgehead atoms. The van der Waals surface area contributed by atoms with Crippen LogP contribution in [0.1, 0.15) is 15.9 Å². The van der Waals surface area contributed by atoms with Crippen molar-refractivity contribution in [3.8, 4) is 11.3 Å². The second-order valence-corrected chi connectivity index (χ2v) is 6.53. The van der Waals surface area contributed by atoms with Gasteiger partial charge in [0.05, 0.1) is 27.4 Å². The Morgan fingerprint density at radius 3 is 2.39 bits per heavy atom. The number of alkyl halides is 3. The summed E-state index contributed by atoms with van der Waals surface area (Å²) in [5.74, 6) is -0.841. The Morgan fingerprint density at radius 1 is 1.13 bits per heavy atom. The first-order chi connectivity index (χ1) is 14.6. The minimum atomic E-state index is -4.78. The zero-order valence-electron chi connectivity index (χ0n) is 15.2. The van der Waals surface area contributed by atoms with Crippen LogP contribution in [0.5, 0.6) is 0 Å². The number of nitro groups is 1. The predicted molar refractivity (Wildman–Crippen MR) is 105 cm³/mol. The van der Waals surface area contributed by atoms with E-state index in [0.29, 0.717) is 12.1 Å². The van der Waals surface area contributed by atoms with Crippen LogP contribution in [0.25, 0.3) is 11.3 Å². The quantitative estimate of drug-likeness (QED) is 0.423. The summed E-state index contributed by atoms with van der Waals surface area (Å²) < 4.78 is 40.0. The second-order valence-electron chi connectivity index (χ2n) is 6.12. The van der Waals surface area contributed by atoms with Crippen LogP contribution in [-0.2, 0) is 11.0 Å². The molecule has 0 spiro atoms. The Bertz CT molecular complexity index is 1210. The van der Waals surface area contributed by atoms with Gasteiger partial charge < -0.3 is 9.82 Å². The van der Waals surface area contributed by atoms with Gasteiger partial charge in [0.2, 0.25) is 0 Å². The molecule has 12 heteroatoms. The molecule has 0 atom stereocenters. The molecular formula is C19H11ClF3N3O5. The number of nitrogens with one attached hydrogen (secondary N) is 2. The highest BCUT2D eigenvalue weighted by atomic mass is 35.5. The fourth-order valence-corrected chi connectivity index (χ4v) is 2.85. The first kappa shape index (κ1) is 21.8. The van der Waals surface area contributed by atoms with Crippen LogP contribution in [0.15, 0.2) is 59.4 Å². The zero-order chi connectivity index (χ0) is 22.8. The van der Waals surface area contributed by atoms with E-state index in [1.54, 1.807) is 18.2 Å². The summed E-state index contributed by atoms with van der Waals surface area (Å²) in [6, 6.07) is 11.2. The molecule has 0 aliphatic heterocycles. The van der Waals surface area contributed by atoms with Crippen LogP contribution in [0.4, 0.5) is 24.5 Å². The molecule has 0 unspecified atom stereocenters. The van der Waals surface area contributed by atoms with Crippen molar-refractivity contribution in [1.82, 2.24) is 4.98 Å². The van der Waals surface area contributed by atoms with Gasteiger partial charge in [-0.2, -0.15) is 13.2 Å². The fraction of sp³-hybridized carbons (Fsp3) is 0.0526. The fourth-order valence-electron chi connectivity index (χ4n) is 2.59. The lowest BCUT2D eigenvalue weighted by molar-refractivity contribution is -0.386. The van der Waals surface area contributed by atoms with Crippen molar-refractivity contribution in [3.63, 3.8) is 0 Å². The molecule has 0 saturated carbocycles. The average molecular weight is 454 g/mol. The SMILES string of the molecule is O=C(ONc1cc(-c2cc(Cl)c([N+](=O)[O-])c(=O)[nH]2)cc(C(F)(F)F)c1)c1ccccc1. The van der Waals surface area contributed by atoms with Crippen molar-refractivity contribution in [2.45, 2.75) is 6.18 Å². The van der Waals surface area contributed by atoms with Crippen LogP contribution in [0.3, 0.4) is 0 Å². The van der Waals surface area contributed by atoms with Gasteiger partial charge in [-0.25, -0.2) is 10.3 Å². The molecule has 3 aromatic rings. The number of nitrogens with zero attached hydrogens (tertiary/aromatic N) is 1. The number of halogens is 4. The summed E-state index contributed by atoms with van der Waals surface area (Å²) in [5, 5.41) is 10.3. The Hall–Kier alpha value is -3.86. The van der Waals surface area contributed by atoms with Gasteiger partial charge in [-0.05, 0) is 36.4 Å². The van der Waals surface area contributed by atoms with Crippen molar-refractivity contribution in [3.05, 3.63) is 91.2 Å². The maximum absolute atomic E-state index is 13.3. The van der Waals surface area contributed by atoms with Crippen molar-refractivity contribution in [2.75, 3.05) is 5.48 Å². The Balaban J connectivity index is 1.99. The molecule has 8 nitrogen and oxygen atoms in total. The van der Waals surface area contributed by atoms with Gasteiger partial charge in [-0.15, -0.1) is 0 Å². The lowest BCUT2D eigenvalue weighted by Gasteiger charge is -2.14. The monoisotopic (exact) mass is 453 g/mol. The van der Waals surface area contributed by atoms with Gasteiger partial charge in [-0.3, -0.25) is 14.9 Å². The minimum Gasteiger partial charge on any atom is -0.338 e. The number of rotatable bonds is 5. The first-order valence-corrected chi connectivity index (χ1v) is 8.76. The standard InChI is InChI=1S/C19H11ClF3N3O5/c20-14-9-15(24-17(27)16(14)26(29)30)11-6-12(19(21,22)23)8-13(7-11)25-31-18(28)10-4-2-1-3-5-10/h1-9,25H,(H,24,27). The third-order valence-corrected chi connectivity index (χ3v) is 4.27. The number of anilines is 1.